The lowest BCUT2D eigenvalue weighted by Gasteiger charge is -2.39. The fourth-order valence-corrected chi connectivity index (χ4v) is 4.81. The molecule has 0 spiro atoms. The minimum Gasteiger partial charge on any atom is -0.507 e. The zero-order chi connectivity index (χ0) is 23.4. The molecule has 1 fully saturated rings. The van der Waals surface area contributed by atoms with E-state index in [9.17, 15) is 15.0 Å². The number of β-amino-alcohol motifs (C(OH)–C–C–N with tert-alkyl or cyclic N) is 1. The summed E-state index contributed by atoms with van der Waals surface area (Å²) in [5, 5.41) is 20.9. The second kappa shape index (κ2) is 10.5. The van der Waals surface area contributed by atoms with Gasteiger partial charge in [0.25, 0.3) is 5.56 Å². The number of hydrogen-bond acceptors (Lipinski definition) is 5. The van der Waals surface area contributed by atoms with Crippen LogP contribution in [0.25, 0.3) is 0 Å². The van der Waals surface area contributed by atoms with Crippen LogP contribution in [0.15, 0.2) is 65.5 Å². The average Bonchev–Trinajstić information content (AvgIpc) is 2.81. The Balaban J connectivity index is 1.78. The molecule has 1 aromatic heterocycles. The van der Waals surface area contributed by atoms with Crippen molar-refractivity contribution in [2.45, 2.75) is 19.5 Å². The maximum atomic E-state index is 13.8. The van der Waals surface area contributed by atoms with E-state index in [-0.39, 0.29) is 17.9 Å². The summed E-state index contributed by atoms with van der Waals surface area (Å²) in [5.74, 6) is 0.00424. The molecule has 1 atom stereocenters. The number of aliphatic hydroxyl groups is 1. The molecule has 3 aromatic rings. The molecular weight excluding hydrogens is 438 g/mol. The fourth-order valence-electron chi connectivity index (χ4n) is 4.61. The van der Waals surface area contributed by atoms with Crippen molar-refractivity contribution in [3.05, 3.63) is 98.4 Å². The lowest BCUT2D eigenvalue weighted by Crippen LogP contribution is -2.49. The number of aromatic hydroxyl groups is 1. The van der Waals surface area contributed by atoms with Crippen LogP contribution in [0.5, 0.6) is 5.75 Å². The molecule has 1 aliphatic heterocycles. The van der Waals surface area contributed by atoms with E-state index in [4.69, 9.17) is 11.6 Å². The standard InChI is InChI=1S/C26H30ClN3O3/c1-19-16-23(32)24(26(33)30(19)18-20-6-3-2-4-7-20)25(21-8-5-9-22(27)17-21)29-12-10-28(11-13-29)14-15-31/h2-9,16-17,25,31-32H,10-15,18H2,1H3. The molecule has 1 unspecified atom stereocenters. The van der Waals surface area contributed by atoms with E-state index in [2.05, 4.69) is 9.80 Å². The highest BCUT2D eigenvalue weighted by Crippen LogP contribution is 2.34. The highest BCUT2D eigenvalue weighted by atomic mass is 35.5. The first-order chi connectivity index (χ1) is 16.0. The van der Waals surface area contributed by atoms with Crippen LogP contribution < -0.4 is 5.56 Å². The molecule has 4 rings (SSSR count). The van der Waals surface area contributed by atoms with Crippen LogP contribution in [0.1, 0.15) is 28.4 Å². The summed E-state index contributed by atoms with van der Waals surface area (Å²) in [6.07, 6.45) is 0. The Morgan fingerprint density at radius 1 is 1.00 bits per heavy atom. The van der Waals surface area contributed by atoms with Gasteiger partial charge in [0, 0.05) is 43.4 Å². The largest absolute Gasteiger partial charge is 0.507 e. The topological polar surface area (TPSA) is 68.9 Å². The normalized spacial score (nSPS) is 16.1. The van der Waals surface area contributed by atoms with Gasteiger partial charge in [-0.05, 0) is 36.2 Å². The summed E-state index contributed by atoms with van der Waals surface area (Å²) in [6.45, 7) is 6.02. The third-order valence-electron chi connectivity index (χ3n) is 6.33. The molecule has 1 saturated heterocycles. The molecular formula is C26H30ClN3O3. The quantitative estimate of drug-likeness (QED) is 0.558. The van der Waals surface area contributed by atoms with Gasteiger partial charge in [0.1, 0.15) is 5.75 Å². The molecule has 0 aliphatic carbocycles. The second-order valence-electron chi connectivity index (χ2n) is 8.52. The van der Waals surface area contributed by atoms with Crippen molar-refractivity contribution < 1.29 is 10.2 Å². The van der Waals surface area contributed by atoms with E-state index in [0.29, 0.717) is 42.5 Å². The van der Waals surface area contributed by atoms with E-state index < -0.39 is 6.04 Å². The first-order valence-electron chi connectivity index (χ1n) is 11.3. The average molecular weight is 468 g/mol. The van der Waals surface area contributed by atoms with Crippen molar-refractivity contribution in [2.75, 3.05) is 39.3 Å². The van der Waals surface area contributed by atoms with E-state index >= 15 is 0 Å². The number of pyridine rings is 1. The predicted molar refractivity (Wildman–Crippen MR) is 131 cm³/mol. The number of piperazine rings is 1. The number of rotatable bonds is 7. The third kappa shape index (κ3) is 5.31. The number of benzene rings is 2. The molecule has 33 heavy (non-hydrogen) atoms. The zero-order valence-electron chi connectivity index (χ0n) is 18.8. The Hall–Kier alpha value is -2.64. The zero-order valence-corrected chi connectivity index (χ0v) is 19.6. The van der Waals surface area contributed by atoms with Crippen LogP contribution in [-0.4, -0.2) is 63.9 Å². The Morgan fingerprint density at radius 2 is 1.73 bits per heavy atom. The van der Waals surface area contributed by atoms with Crippen LogP contribution in [0.4, 0.5) is 0 Å². The Kier molecular flexibility index (Phi) is 7.50. The van der Waals surface area contributed by atoms with Crippen molar-refractivity contribution in [3.63, 3.8) is 0 Å². The van der Waals surface area contributed by atoms with E-state index in [0.717, 1.165) is 24.2 Å². The molecule has 0 saturated carbocycles. The van der Waals surface area contributed by atoms with Gasteiger partial charge in [0.05, 0.1) is 24.8 Å². The van der Waals surface area contributed by atoms with Gasteiger partial charge in [-0.25, -0.2) is 0 Å². The summed E-state index contributed by atoms with van der Waals surface area (Å²) >= 11 is 6.32. The molecule has 2 heterocycles. The summed E-state index contributed by atoms with van der Waals surface area (Å²) < 4.78 is 1.73. The summed E-state index contributed by atoms with van der Waals surface area (Å²) in [4.78, 5) is 18.2. The minimum atomic E-state index is -0.421. The van der Waals surface area contributed by atoms with E-state index in [1.165, 1.54) is 0 Å². The number of aromatic nitrogens is 1. The van der Waals surface area contributed by atoms with Crippen LogP contribution in [0, 0.1) is 6.92 Å². The van der Waals surface area contributed by atoms with Crippen molar-refractivity contribution in [3.8, 4) is 5.75 Å². The molecule has 1 aliphatic rings. The lowest BCUT2D eigenvalue weighted by molar-refractivity contribution is 0.0932. The van der Waals surface area contributed by atoms with Crippen LogP contribution in [0.2, 0.25) is 5.02 Å². The lowest BCUT2D eigenvalue weighted by atomic mass is 9.96. The van der Waals surface area contributed by atoms with E-state index in [1.807, 2.05) is 61.5 Å². The number of halogens is 1. The van der Waals surface area contributed by atoms with Gasteiger partial charge in [-0.15, -0.1) is 0 Å². The SMILES string of the molecule is Cc1cc(O)c(C(c2cccc(Cl)c2)N2CCN(CCO)CC2)c(=O)n1Cc1ccccc1. The second-order valence-corrected chi connectivity index (χ2v) is 8.96. The Bertz CT molecular complexity index is 1140. The number of aliphatic hydroxyl groups excluding tert-OH is 1. The number of nitrogens with zero attached hydrogens (tertiary/aromatic N) is 3. The van der Waals surface area contributed by atoms with Crippen molar-refractivity contribution in [2.24, 2.45) is 0 Å². The van der Waals surface area contributed by atoms with Crippen LogP contribution in [-0.2, 0) is 6.54 Å². The highest BCUT2D eigenvalue weighted by Gasteiger charge is 2.31. The molecule has 7 heteroatoms. The van der Waals surface area contributed by atoms with Gasteiger partial charge in [-0.3, -0.25) is 14.6 Å². The summed E-state index contributed by atoms with van der Waals surface area (Å²) in [5.41, 5.74) is 2.79. The number of aryl methyl sites for hydroxylation is 1. The third-order valence-corrected chi connectivity index (χ3v) is 6.57. The molecule has 6 nitrogen and oxygen atoms in total. The van der Waals surface area contributed by atoms with Gasteiger partial charge in [0.2, 0.25) is 0 Å². The first kappa shape index (κ1) is 23.5. The molecule has 174 valence electrons. The van der Waals surface area contributed by atoms with Crippen LogP contribution >= 0.6 is 11.6 Å². The van der Waals surface area contributed by atoms with Crippen molar-refractivity contribution >= 4 is 11.6 Å². The molecule has 0 radical (unpaired) electrons. The van der Waals surface area contributed by atoms with Crippen LogP contribution in [0.3, 0.4) is 0 Å². The Labute approximate surface area is 199 Å². The van der Waals surface area contributed by atoms with Crippen molar-refractivity contribution in [1.82, 2.24) is 14.4 Å². The maximum Gasteiger partial charge on any atom is 0.259 e. The van der Waals surface area contributed by atoms with Gasteiger partial charge < -0.3 is 14.8 Å². The Morgan fingerprint density at radius 3 is 2.39 bits per heavy atom. The molecule has 0 amide bonds. The molecule has 0 bridgehead atoms. The van der Waals surface area contributed by atoms with Gasteiger partial charge in [-0.2, -0.15) is 0 Å². The highest BCUT2D eigenvalue weighted by molar-refractivity contribution is 6.30. The fraction of sp³-hybridized carbons (Fsp3) is 0.346. The first-order valence-corrected chi connectivity index (χ1v) is 11.7. The van der Waals surface area contributed by atoms with Gasteiger partial charge >= 0.3 is 0 Å². The maximum absolute atomic E-state index is 13.8. The van der Waals surface area contributed by atoms with Gasteiger partial charge in [-0.1, -0.05) is 54.1 Å². The molecule has 2 aromatic carbocycles. The van der Waals surface area contributed by atoms with Gasteiger partial charge in [0.15, 0.2) is 0 Å². The summed E-state index contributed by atoms with van der Waals surface area (Å²) in [6, 6.07) is 18.6. The monoisotopic (exact) mass is 467 g/mol. The number of hydrogen-bond donors (Lipinski definition) is 2. The van der Waals surface area contributed by atoms with Crippen molar-refractivity contribution in [1.29, 1.82) is 0 Å². The van der Waals surface area contributed by atoms with E-state index in [1.54, 1.807) is 10.6 Å². The molecule has 2 N–H and O–H groups in total. The summed E-state index contributed by atoms with van der Waals surface area (Å²) in [7, 11) is 0. The smallest absolute Gasteiger partial charge is 0.259 e. The minimum absolute atomic E-state index is 0.00424. The predicted octanol–water partition coefficient (Wildman–Crippen LogP) is 3.26.